The first-order valence-corrected chi connectivity index (χ1v) is 7.79. The van der Waals surface area contributed by atoms with Gasteiger partial charge in [0, 0.05) is 12.2 Å². The minimum absolute atomic E-state index is 0.363. The molecule has 0 spiro atoms. The van der Waals surface area contributed by atoms with Crippen LogP contribution in [0.3, 0.4) is 0 Å². The summed E-state index contributed by atoms with van der Waals surface area (Å²) in [6.45, 7) is 3.61. The molecule has 0 aromatic heterocycles. The van der Waals surface area contributed by atoms with E-state index in [-0.39, 0.29) is 0 Å². The van der Waals surface area contributed by atoms with Crippen LogP contribution < -0.4 is 9.64 Å². The van der Waals surface area contributed by atoms with Crippen LogP contribution in [-0.4, -0.2) is 25.5 Å². The third-order valence-electron chi connectivity index (χ3n) is 4.30. The van der Waals surface area contributed by atoms with Gasteiger partial charge in [0.25, 0.3) is 0 Å². The Hall–Kier alpha value is -2.29. The SMILES string of the molecule is Cc1cccc(OC[C@H]2CCCN2c2ccccc2)c1C=O. The summed E-state index contributed by atoms with van der Waals surface area (Å²) >= 11 is 0. The summed E-state index contributed by atoms with van der Waals surface area (Å²) in [5.74, 6) is 0.690. The molecule has 114 valence electrons. The number of rotatable bonds is 5. The van der Waals surface area contributed by atoms with Gasteiger partial charge in [0.15, 0.2) is 6.29 Å². The number of hydrogen-bond acceptors (Lipinski definition) is 3. The number of carbonyl (C=O) groups is 1. The Labute approximate surface area is 131 Å². The molecule has 2 aromatic rings. The summed E-state index contributed by atoms with van der Waals surface area (Å²) in [7, 11) is 0. The van der Waals surface area contributed by atoms with Crippen LogP contribution in [-0.2, 0) is 0 Å². The first-order chi connectivity index (χ1) is 10.8. The average molecular weight is 295 g/mol. The summed E-state index contributed by atoms with van der Waals surface area (Å²) in [5.41, 5.74) is 2.86. The predicted molar refractivity (Wildman–Crippen MR) is 88.9 cm³/mol. The van der Waals surface area contributed by atoms with Crippen molar-refractivity contribution in [2.75, 3.05) is 18.1 Å². The molecule has 0 radical (unpaired) electrons. The molecule has 0 amide bonds. The number of nitrogens with zero attached hydrogens (tertiary/aromatic N) is 1. The zero-order chi connectivity index (χ0) is 15.4. The Balaban J connectivity index is 1.71. The Bertz CT molecular complexity index is 639. The second kappa shape index (κ2) is 6.65. The fourth-order valence-corrected chi connectivity index (χ4v) is 3.08. The smallest absolute Gasteiger partial charge is 0.154 e. The van der Waals surface area contributed by atoms with Gasteiger partial charge in [-0.2, -0.15) is 0 Å². The number of carbonyl (C=O) groups excluding carboxylic acids is 1. The first-order valence-electron chi connectivity index (χ1n) is 7.79. The number of para-hydroxylation sites is 1. The van der Waals surface area contributed by atoms with Crippen molar-refractivity contribution in [1.82, 2.24) is 0 Å². The number of ether oxygens (including phenoxy) is 1. The van der Waals surface area contributed by atoms with Gasteiger partial charge in [-0.3, -0.25) is 4.79 Å². The molecule has 1 aliphatic heterocycles. The van der Waals surface area contributed by atoms with Gasteiger partial charge in [0.1, 0.15) is 12.4 Å². The third kappa shape index (κ3) is 2.98. The standard InChI is InChI=1S/C19H21NO2/c1-15-7-5-11-19(18(15)13-21)22-14-17-10-6-12-20(17)16-8-3-2-4-9-16/h2-5,7-9,11,13,17H,6,10,12,14H2,1H3/t17-/m1/s1. The van der Waals surface area contributed by atoms with Crippen molar-refractivity contribution in [1.29, 1.82) is 0 Å². The highest BCUT2D eigenvalue weighted by Crippen LogP contribution is 2.27. The highest BCUT2D eigenvalue weighted by molar-refractivity contribution is 5.81. The van der Waals surface area contributed by atoms with Crippen LogP contribution in [0.5, 0.6) is 5.75 Å². The molecule has 0 N–H and O–H groups in total. The van der Waals surface area contributed by atoms with Crippen LogP contribution >= 0.6 is 0 Å². The van der Waals surface area contributed by atoms with Gasteiger partial charge in [-0.15, -0.1) is 0 Å². The Morgan fingerprint density at radius 3 is 2.77 bits per heavy atom. The minimum atomic E-state index is 0.363. The van der Waals surface area contributed by atoms with E-state index in [1.54, 1.807) is 0 Å². The van der Waals surface area contributed by atoms with Gasteiger partial charge in [-0.25, -0.2) is 0 Å². The molecule has 0 bridgehead atoms. The molecule has 3 nitrogen and oxygen atoms in total. The van der Waals surface area contributed by atoms with Gasteiger partial charge in [0.05, 0.1) is 11.6 Å². The molecule has 0 aliphatic carbocycles. The molecule has 0 saturated carbocycles. The molecule has 0 unspecified atom stereocenters. The van der Waals surface area contributed by atoms with Crippen molar-refractivity contribution in [3.8, 4) is 5.75 Å². The van der Waals surface area contributed by atoms with E-state index in [9.17, 15) is 4.79 Å². The van der Waals surface area contributed by atoms with Gasteiger partial charge in [-0.05, 0) is 43.5 Å². The number of aldehydes is 1. The highest BCUT2D eigenvalue weighted by atomic mass is 16.5. The molecule has 3 rings (SSSR count). The van der Waals surface area contributed by atoms with E-state index in [0.29, 0.717) is 24.0 Å². The molecule has 2 aromatic carbocycles. The van der Waals surface area contributed by atoms with Gasteiger partial charge >= 0.3 is 0 Å². The topological polar surface area (TPSA) is 29.5 Å². The number of anilines is 1. The van der Waals surface area contributed by atoms with Crippen molar-refractivity contribution in [3.05, 3.63) is 59.7 Å². The van der Waals surface area contributed by atoms with E-state index >= 15 is 0 Å². The highest BCUT2D eigenvalue weighted by Gasteiger charge is 2.25. The lowest BCUT2D eigenvalue weighted by atomic mass is 10.1. The third-order valence-corrected chi connectivity index (χ3v) is 4.30. The van der Waals surface area contributed by atoms with Gasteiger partial charge < -0.3 is 9.64 Å². The van der Waals surface area contributed by atoms with Crippen molar-refractivity contribution in [2.45, 2.75) is 25.8 Å². The maximum Gasteiger partial charge on any atom is 0.154 e. The molecular formula is C19H21NO2. The second-order valence-electron chi connectivity index (χ2n) is 5.74. The van der Waals surface area contributed by atoms with Crippen LogP contribution in [0.15, 0.2) is 48.5 Å². The zero-order valence-electron chi connectivity index (χ0n) is 12.9. The van der Waals surface area contributed by atoms with E-state index in [4.69, 9.17) is 4.74 Å². The lowest BCUT2D eigenvalue weighted by Crippen LogP contribution is -2.34. The van der Waals surface area contributed by atoms with E-state index in [0.717, 1.165) is 24.8 Å². The number of hydrogen-bond donors (Lipinski definition) is 0. The minimum Gasteiger partial charge on any atom is -0.491 e. The molecular weight excluding hydrogens is 274 g/mol. The van der Waals surface area contributed by atoms with Crippen LogP contribution in [0.25, 0.3) is 0 Å². The summed E-state index contributed by atoms with van der Waals surface area (Å²) in [4.78, 5) is 13.6. The van der Waals surface area contributed by atoms with Crippen molar-refractivity contribution < 1.29 is 9.53 Å². The molecule has 1 fully saturated rings. The largest absolute Gasteiger partial charge is 0.491 e. The summed E-state index contributed by atoms with van der Waals surface area (Å²) in [6.07, 6.45) is 3.18. The lowest BCUT2D eigenvalue weighted by molar-refractivity contribution is 0.111. The molecule has 1 aliphatic rings. The second-order valence-corrected chi connectivity index (χ2v) is 5.74. The number of aryl methyl sites for hydroxylation is 1. The fraction of sp³-hybridized carbons (Fsp3) is 0.316. The van der Waals surface area contributed by atoms with Crippen molar-refractivity contribution >= 4 is 12.0 Å². The molecule has 22 heavy (non-hydrogen) atoms. The quantitative estimate of drug-likeness (QED) is 0.785. The lowest BCUT2D eigenvalue weighted by Gasteiger charge is -2.27. The predicted octanol–water partition coefficient (Wildman–Crippen LogP) is 3.86. The molecule has 1 atom stereocenters. The van der Waals surface area contributed by atoms with Crippen molar-refractivity contribution in [3.63, 3.8) is 0 Å². The first kappa shape index (κ1) is 14.6. The van der Waals surface area contributed by atoms with Crippen LogP contribution in [0.2, 0.25) is 0 Å². The van der Waals surface area contributed by atoms with Crippen LogP contribution in [0.1, 0.15) is 28.8 Å². The summed E-state index contributed by atoms with van der Waals surface area (Å²) in [6, 6.07) is 16.6. The Morgan fingerprint density at radius 1 is 1.18 bits per heavy atom. The zero-order valence-corrected chi connectivity index (χ0v) is 12.9. The van der Waals surface area contributed by atoms with Crippen LogP contribution in [0.4, 0.5) is 5.69 Å². The maximum absolute atomic E-state index is 11.2. The van der Waals surface area contributed by atoms with E-state index in [2.05, 4.69) is 29.2 Å². The van der Waals surface area contributed by atoms with E-state index < -0.39 is 0 Å². The van der Waals surface area contributed by atoms with Crippen molar-refractivity contribution in [2.24, 2.45) is 0 Å². The summed E-state index contributed by atoms with van der Waals surface area (Å²) in [5, 5.41) is 0. The van der Waals surface area contributed by atoms with E-state index in [1.807, 2.05) is 31.2 Å². The van der Waals surface area contributed by atoms with Crippen LogP contribution in [0, 0.1) is 6.92 Å². The average Bonchev–Trinajstić information content (AvgIpc) is 3.02. The van der Waals surface area contributed by atoms with Gasteiger partial charge in [-0.1, -0.05) is 30.3 Å². The normalized spacial score (nSPS) is 17.5. The Morgan fingerprint density at radius 2 is 2.00 bits per heavy atom. The van der Waals surface area contributed by atoms with Gasteiger partial charge in [0.2, 0.25) is 0 Å². The molecule has 1 heterocycles. The summed E-state index contributed by atoms with van der Waals surface area (Å²) < 4.78 is 5.97. The number of benzene rings is 2. The monoisotopic (exact) mass is 295 g/mol. The molecule has 3 heteroatoms. The maximum atomic E-state index is 11.2. The fourth-order valence-electron chi connectivity index (χ4n) is 3.08. The Kier molecular flexibility index (Phi) is 4.42. The molecule has 1 saturated heterocycles. The van der Waals surface area contributed by atoms with E-state index in [1.165, 1.54) is 12.1 Å².